The molecule has 1 aromatic rings. The topological polar surface area (TPSA) is 73.1 Å². The van der Waals surface area contributed by atoms with Gasteiger partial charge in [0.25, 0.3) is 5.56 Å². The molecule has 4 bridgehead atoms. The number of aromatic nitrogens is 2. The van der Waals surface area contributed by atoms with Crippen LogP contribution in [0.5, 0.6) is 0 Å². The highest BCUT2D eigenvalue weighted by Crippen LogP contribution is 2.61. The van der Waals surface area contributed by atoms with Gasteiger partial charge in [-0.05, 0) is 74.2 Å². The van der Waals surface area contributed by atoms with Crippen LogP contribution in [0, 0.1) is 23.2 Å². The highest BCUT2D eigenvalue weighted by Gasteiger charge is 2.53. The molecule has 4 aliphatic carbocycles. The number of nitrogens with one attached hydrogen (secondary N) is 1. The molecule has 0 spiro atoms. The smallest absolute Gasteiger partial charge is 0.330 e. The van der Waals surface area contributed by atoms with Crippen molar-refractivity contribution >= 4 is 12.0 Å². The predicted molar refractivity (Wildman–Crippen MR) is 109 cm³/mol. The van der Waals surface area contributed by atoms with Gasteiger partial charge in [0, 0.05) is 32.4 Å². The van der Waals surface area contributed by atoms with Gasteiger partial charge >= 0.3 is 5.69 Å². The van der Waals surface area contributed by atoms with Gasteiger partial charge in [-0.2, -0.15) is 0 Å². The Morgan fingerprint density at radius 1 is 1.18 bits per heavy atom. The van der Waals surface area contributed by atoms with E-state index in [0.717, 1.165) is 28.7 Å². The fourth-order valence-electron chi connectivity index (χ4n) is 6.63. The van der Waals surface area contributed by atoms with Crippen LogP contribution in [-0.2, 0) is 18.9 Å². The Bertz CT molecular complexity index is 889. The van der Waals surface area contributed by atoms with E-state index in [0.29, 0.717) is 5.56 Å². The first-order valence-corrected chi connectivity index (χ1v) is 10.6. The van der Waals surface area contributed by atoms with Crippen molar-refractivity contribution in [2.45, 2.75) is 57.9 Å². The summed E-state index contributed by atoms with van der Waals surface area (Å²) in [6.45, 7) is 2.16. The van der Waals surface area contributed by atoms with E-state index in [-0.39, 0.29) is 28.6 Å². The number of hydrogen-bond acceptors (Lipinski definition) is 3. The summed E-state index contributed by atoms with van der Waals surface area (Å²) in [5, 5.41) is 3.25. The van der Waals surface area contributed by atoms with Crippen LogP contribution in [0.25, 0.3) is 6.08 Å². The van der Waals surface area contributed by atoms with E-state index in [4.69, 9.17) is 0 Å². The minimum Gasteiger partial charge on any atom is -0.349 e. The van der Waals surface area contributed by atoms with Crippen LogP contribution in [0.2, 0.25) is 0 Å². The molecule has 6 heteroatoms. The number of nitrogens with zero attached hydrogens (tertiary/aromatic N) is 2. The summed E-state index contributed by atoms with van der Waals surface area (Å²) in [5.41, 5.74) is -0.165. The zero-order valence-electron chi connectivity index (χ0n) is 17.1. The zero-order chi connectivity index (χ0) is 20.1. The molecule has 152 valence electrons. The third kappa shape index (κ3) is 3.27. The SMILES string of the molecule is CC[C@@H](NC(=O)/C=C\c1cn(C)c(=O)n(C)c1=O)C12CC3CC(CC(C3)C1)C2. The van der Waals surface area contributed by atoms with Gasteiger partial charge < -0.3 is 9.88 Å². The van der Waals surface area contributed by atoms with E-state index in [2.05, 4.69) is 12.2 Å². The van der Waals surface area contributed by atoms with E-state index >= 15 is 0 Å². The molecule has 0 radical (unpaired) electrons. The average molecular weight is 386 g/mol. The van der Waals surface area contributed by atoms with Gasteiger partial charge in [0.2, 0.25) is 5.91 Å². The maximum Gasteiger partial charge on any atom is 0.330 e. The van der Waals surface area contributed by atoms with Crippen molar-refractivity contribution in [2.24, 2.45) is 37.3 Å². The van der Waals surface area contributed by atoms with Crippen molar-refractivity contribution in [2.75, 3.05) is 0 Å². The molecule has 4 saturated carbocycles. The standard InChI is InChI=1S/C22H31N3O3/c1-4-18(22-10-14-7-15(11-22)9-16(8-14)12-22)23-19(26)6-5-17-13-24(2)21(28)25(3)20(17)27/h5-6,13-16,18H,4,7-12H2,1-3H3,(H,23,26)/b6-5-/t14?,15?,16?,18-,22?/m1/s1. The number of aryl methyl sites for hydroxylation is 1. The third-order valence-electron chi connectivity index (χ3n) is 7.44. The van der Waals surface area contributed by atoms with Crippen molar-refractivity contribution in [3.63, 3.8) is 0 Å². The van der Waals surface area contributed by atoms with Crippen LogP contribution in [0.1, 0.15) is 57.4 Å². The molecule has 1 heterocycles. The molecule has 0 aliphatic heterocycles. The largest absolute Gasteiger partial charge is 0.349 e. The number of rotatable bonds is 5. The molecule has 0 unspecified atom stereocenters. The molecular formula is C22H31N3O3. The van der Waals surface area contributed by atoms with E-state index in [9.17, 15) is 14.4 Å². The molecule has 1 N–H and O–H groups in total. The number of carbonyl (C=O) groups is 1. The second-order valence-electron chi connectivity index (χ2n) is 9.42. The molecule has 28 heavy (non-hydrogen) atoms. The van der Waals surface area contributed by atoms with Crippen LogP contribution in [0.3, 0.4) is 0 Å². The van der Waals surface area contributed by atoms with Gasteiger partial charge in [-0.25, -0.2) is 4.79 Å². The maximum absolute atomic E-state index is 12.7. The van der Waals surface area contributed by atoms with E-state index in [1.54, 1.807) is 7.05 Å². The van der Waals surface area contributed by atoms with E-state index in [1.807, 2.05) is 0 Å². The Hall–Kier alpha value is -2.11. The lowest BCUT2D eigenvalue weighted by atomic mass is 9.47. The molecule has 0 saturated heterocycles. The summed E-state index contributed by atoms with van der Waals surface area (Å²) in [5.74, 6) is 2.39. The quantitative estimate of drug-likeness (QED) is 0.790. The second-order valence-corrected chi connectivity index (χ2v) is 9.42. The van der Waals surface area contributed by atoms with Gasteiger partial charge in [-0.1, -0.05) is 6.92 Å². The number of carbonyl (C=O) groups excluding carboxylic acids is 1. The van der Waals surface area contributed by atoms with Gasteiger partial charge in [0.05, 0.1) is 5.56 Å². The van der Waals surface area contributed by atoms with Gasteiger partial charge in [0.1, 0.15) is 0 Å². The van der Waals surface area contributed by atoms with Gasteiger partial charge in [-0.3, -0.25) is 14.2 Å². The van der Waals surface area contributed by atoms with E-state index < -0.39 is 0 Å². The van der Waals surface area contributed by atoms with Gasteiger partial charge in [0.15, 0.2) is 0 Å². The van der Waals surface area contributed by atoms with Crippen LogP contribution in [0.4, 0.5) is 0 Å². The first-order valence-electron chi connectivity index (χ1n) is 10.6. The fourth-order valence-corrected chi connectivity index (χ4v) is 6.63. The van der Waals surface area contributed by atoms with Crippen LogP contribution >= 0.6 is 0 Å². The fraction of sp³-hybridized carbons (Fsp3) is 0.682. The Labute approximate surface area is 165 Å². The van der Waals surface area contributed by atoms with Crippen molar-refractivity contribution in [3.8, 4) is 0 Å². The van der Waals surface area contributed by atoms with Crippen LogP contribution in [-0.4, -0.2) is 21.1 Å². The van der Waals surface area contributed by atoms with Crippen LogP contribution < -0.4 is 16.6 Å². The van der Waals surface area contributed by atoms with E-state index in [1.165, 1.54) is 68.5 Å². The lowest BCUT2D eigenvalue weighted by Gasteiger charge is -2.59. The van der Waals surface area contributed by atoms with Crippen molar-refractivity contribution in [1.82, 2.24) is 14.5 Å². The minimum absolute atomic E-state index is 0.154. The number of hydrogen-bond donors (Lipinski definition) is 1. The molecule has 6 nitrogen and oxygen atoms in total. The molecule has 4 aliphatic rings. The predicted octanol–water partition coefficient (Wildman–Crippen LogP) is 2.21. The average Bonchev–Trinajstić information content (AvgIpc) is 2.65. The Kier molecular flexibility index (Phi) is 4.84. The summed E-state index contributed by atoms with van der Waals surface area (Å²) in [4.78, 5) is 36.7. The summed E-state index contributed by atoms with van der Waals surface area (Å²) < 4.78 is 2.41. The Balaban J connectivity index is 1.49. The van der Waals surface area contributed by atoms with Crippen molar-refractivity contribution in [1.29, 1.82) is 0 Å². The highest BCUT2D eigenvalue weighted by molar-refractivity contribution is 5.91. The summed E-state index contributed by atoms with van der Waals surface area (Å²) in [7, 11) is 3.04. The monoisotopic (exact) mass is 385 g/mol. The second kappa shape index (κ2) is 7.05. The van der Waals surface area contributed by atoms with Gasteiger partial charge in [-0.15, -0.1) is 0 Å². The summed E-state index contributed by atoms with van der Waals surface area (Å²) in [6, 6.07) is 0.195. The minimum atomic E-state index is -0.389. The van der Waals surface area contributed by atoms with Crippen molar-refractivity contribution < 1.29 is 4.79 Å². The Morgan fingerprint density at radius 2 is 1.75 bits per heavy atom. The normalized spacial score (nSPS) is 32.0. The summed E-state index contributed by atoms with van der Waals surface area (Å²) in [6.07, 6.45) is 13.3. The molecule has 1 amide bonds. The molecule has 5 rings (SSSR count). The highest BCUT2D eigenvalue weighted by atomic mass is 16.2. The first kappa shape index (κ1) is 19.2. The third-order valence-corrected chi connectivity index (χ3v) is 7.44. The summed E-state index contributed by atoms with van der Waals surface area (Å²) >= 11 is 0. The van der Waals surface area contributed by atoms with Crippen molar-refractivity contribution in [3.05, 3.63) is 38.7 Å². The number of amides is 1. The molecule has 1 atom stereocenters. The maximum atomic E-state index is 12.7. The molecule has 4 fully saturated rings. The zero-order valence-corrected chi connectivity index (χ0v) is 17.1. The van der Waals surface area contributed by atoms with Crippen LogP contribution in [0.15, 0.2) is 21.9 Å². The molecular weight excluding hydrogens is 354 g/mol. The Morgan fingerprint density at radius 3 is 2.29 bits per heavy atom. The molecule has 0 aromatic carbocycles. The lowest BCUT2D eigenvalue weighted by Crippen LogP contribution is -2.56. The molecule has 1 aromatic heterocycles. The lowest BCUT2D eigenvalue weighted by molar-refractivity contribution is -0.122. The first-order chi connectivity index (χ1) is 13.3.